The van der Waals surface area contributed by atoms with E-state index in [0.29, 0.717) is 11.8 Å². The van der Waals surface area contributed by atoms with Crippen molar-refractivity contribution >= 4 is 9.84 Å². The molecule has 0 radical (unpaired) electrons. The van der Waals surface area contributed by atoms with E-state index in [1.54, 1.807) is 0 Å². The molecule has 1 saturated carbocycles. The standard InChI is InChI=1S/C13H26N2O2S/c1-18(16,17)10-4-9-15(13-6-7-13)11-12-5-2-3-8-14-12/h12-14H,2-11H2,1H3. The lowest BCUT2D eigenvalue weighted by molar-refractivity contribution is 0.216. The molecule has 5 heteroatoms. The van der Waals surface area contributed by atoms with Crippen LogP contribution in [0.1, 0.15) is 38.5 Å². The Labute approximate surface area is 111 Å². The summed E-state index contributed by atoms with van der Waals surface area (Å²) in [5.41, 5.74) is 0. The molecule has 2 rings (SSSR count). The fourth-order valence-electron chi connectivity index (χ4n) is 2.76. The fourth-order valence-corrected chi connectivity index (χ4v) is 3.41. The summed E-state index contributed by atoms with van der Waals surface area (Å²) in [4.78, 5) is 2.51. The van der Waals surface area contributed by atoms with Crippen molar-refractivity contribution in [3.8, 4) is 0 Å². The van der Waals surface area contributed by atoms with E-state index in [1.807, 2.05) is 0 Å². The van der Waals surface area contributed by atoms with E-state index in [9.17, 15) is 8.42 Å². The second-order valence-electron chi connectivity index (χ2n) is 5.86. The third-order valence-electron chi connectivity index (χ3n) is 3.89. The molecule has 0 aromatic heterocycles. The summed E-state index contributed by atoms with van der Waals surface area (Å²) in [5.74, 6) is 0.328. The molecule has 106 valence electrons. The van der Waals surface area contributed by atoms with Crippen molar-refractivity contribution in [2.24, 2.45) is 0 Å². The van der Waals surface area contributed by atoms with Crippen LogP contribution in [0.3, 0.4) is 0 Å². The molecule has 4 nitrogen and oxygen atoms in total. The first-order valence-electron chi connectivity index (χ1n) is 7.20. The summed E-state index contributed by atoms with van der Waals surface area (Å²) >= 11 is 0. The molecule has 2 aliphatic rings. The normalized spacial score (nSPS) is 25.6. The first kappa shape index (κ1) is 14.3. The molecule has 1 saturated heterocycles. The summed E-state index contributed by atoms with van der Waals surface area (Å²) in [6.07, 6.45) is 8.61. The molecule has 0 spiro atoms. The van der Waals surface area contributed by atoms with Gasteiger partial charge in [-0.3, -0.25) is 4.90 Å². The van der Waals surface area contributed by atoms with Gasteiger partial charge in [-0.15, -0.1) is 0 Å². The van der Waals surface area contributed by atoms with Crippen LogP contribution in [0.25, 0.3) is 0 Å². The van der Waals surface area contributed by atoms with Crippen molar-refractivity contribution in [1.82, 2.24) is 10.2 Å². The molecular formula is C13H26N2O2S. The molecule has 2 fully saturated rings. The lowest BCUT2D eigenvalue weighted by Gasteiger charge is -2.30. The largest absolute Gasteiger partial charge is 0.313 e. The Kier molecular flexibility index (Phi) is 5.04. The van der Waals surface area contributed by atoms with E-state index in [1.165, 1.54) is 38.4 Å². The second-order valence-corrected chi connectivity index (χ2v) is 8.12. The Balaban J connectivity index is 1.73. The Morgan fingerprint density at radius 1 is 1.22 bits per heavy atom. The van der Waals surface area contributed by atoms with Crippen LogP contribution in [0.5, 0.6) is 0 Å². The smallest absolute Gasteiger partial charge is 0.147 e. The molecule has 18 heavy (non-hydrogen) atoms. The molecule has 1 aliphatic carbocycles. The Bertz CT molecular complexity index is 346. The highest BCUT2D eigenvalue weighted by atomic mass is 32.2. The van der Waals surface area contributed by atoms with Gasteiger partial charge in [-0.2, -0.15) is 0 Å². The Hall–Kier alpha value is -0.130. The molecule has 0 amide bonds. The SMILES string of the molecule is CS(=O)(=O)CCCN(CC1CCCCN1)C1CC1. The van der Waals surface area contributed by atoms with Gasteiger partial charge in [0, 0.05) is 24.9 Å². The van der Waals surface area contributed by atoms with E-state index in [2.05, 4.69) is 10.2 Å². The molecule has 0 aromatic rings. The first-order chi connectivity index (χ1) is 8.54. The quantitative estimate of drug-likeness (QED) is 0.753. The van der Waals surface area contributed by atoms with Crippen LogP contribution in [0.15, 0.2) is 0 Å². The van der Waals surface area contributed by atoms with Gasteiger partial charge >= 0.3 is 0 Å². The molecule has 0 aromatic carbocycles. The van der Waals surface area contributed by atoms with Gasteiger partial charge in [-0.1, -0.05) is 6.42 Å². The van der Waals surface area contributed by atoms with Gasteiger partial charge in [-0.25, -0.2) is 8.42 Å². The lowest BCUT2D eigenvalue weighted by Crippen LogP contribution is -2.44. The average molecular weight is 274 g/mol. The van der Waals surface area contributed by atoms with E-state index in [4.69, 9.17) is 0 Å². The summed E-state index contributed by atoms with van der Waals surface area (Å²) in [5, 5.41) is 3.58. The highest BCUT2D eigenvalue weighted by Gasteiger charge is 2.30. The third-order valence-corrected chi connectivity index (χ3v) is 4.92. The topological polar surface area (TPSA) is 49.4 Å². The number of hydrogen-bond donors (Lipinski definition) is 1. The van der Waals surface area contributed by atoms with Crippen LogP contribution in [-0.2, 0) is 9.84 Å². The van der Waals surface area contributed by atoms with Crippen molar-refractivity contribution in [1.29, 1.82) is 0 Å². The molecule has 0 bridgehead atoms. The Morgan fingerprint density at radius 2 is 2.00 bits per heavy atom. The Morgan fingerprint density at radius 3 is 2.56 bits per heavy atom. The van der Waals surface area contributed by atoms with Crippen molar-refractivity contribution in [2.75, 3.05) is 31.6 Å². The summed E-state index contributed by atoms with van der Waals surface area (Å²) < 4.78 is 22.3. The zero-order valence-electron chi connectivity index (χ0n) is 11.4. The maximum Gasteiger partial charge on any atom is 0.147 e. The lowest BCUT2D eigenvalue weighted by atomic mass is 10.0. The number of sulfone groups is 1. The van der Waals surface area contributed by atoms with Gasteiger partial charge in [0.15, 0.2) is 0 Å². The number of nitrogens with zero attached hydrogens (tertiary/aromatic N) is 1. The zero-order chi connectivity index (χ0) is 13.0. The van der Waals surface area contributed by atoms with Crippen molar-refractivity contribution in [2.45, 2.75) is 50.6 Å². The van der Waals surface area contributed by atoms with Crippen LogP contribution < -0.4 is 5.32 Å². The highest BCUT2D eigenvalue weighted by molar-refractivity contribution is 7.90. The maximum absolute atomic E-state index is 11.2. The first-order valence-corrected chi connectivity index (χ1v) is 9.26. The van der Waals surface area contributed by atoms with E-state index < -0.39 is 9.84 Å². The predicted octanol–water partition coefficient (Wildman–Crippen LogP) is 1.03. The van der Waals surface area contributed by atoms with Gasteiger partial charge in [0.2, 0.25) is 0 Å². The van der Waals surface area contributed by atoms with Gasteiger partial charge in [0.05, 0.1) is 5.75 Å². The van der Waals surface area contributed by atoms with Gasteiger partial charge in [0.1, 0.15) is 9.84 Å². The van der Waals surface area contributed by atoms with Gasteiger partial charge < -0.3 is 5.32 Å². The molecule has 1 unspecified atom stereocenters. The monoisotopic (exact) mass is 274 g/mol. The van der Waals surface area contributed by atoms with Crippen molar-refractivity contribution in [3.63, 3.8) is 0 Å². The summed E-state index contributed by atoms with van der Waals surface area (Å²) in [6, 6.07) is 1.35. The number of piperidine rings is 1. The van der Waals surface area contributed by atoms with Crippen LogP contribution in [0.2, 0.25) is 0 Å². The average Bonchev–Trinajstić information content (AvgIpc) is 3.11. The van der Waals surface area contributed by atoms with Crippen LogP contribution in [0.4, 0.5) is 0 Å². The number of hydrogen-bond acceptors (Lipinski definition) is 4. The fraction of sp³-hybridized carbons (Fsp3) is 1.00. The number of rotatable bonds is 7. The minimum atomic E-state index is -2.80. The minimum Gasteiger partial charge on any atom is -0.313 e. The van der Waals surface area contributed by atoms with Gasteiger partial charge in [0.25, 0.3) is 0 Å². The van der Waals surface area contributed by atoms with E-state index >= 15 is 0 Å². The predicted molar refractivity (Wildman–Crippen MR) is 74.6 cm³/mol. The summed E-state index contributed by atoms with van der Waals surface area (Å²) in [6.45, 7) is 3.19. The van der Waals surface area contributed by atoms with E-state index in [-0.39, 0.29) is 0 Å². The van der Waals surface area contributed by atoms with Crippen LogP contribution in [0, 0.1) is 0 Å². The molecule has 1 aliphatic heterocycles. The molecule has 1 N–H and O–H groups in total. The molecule has 1 atom stereocenters. The van der Waals surface area contributed by atoms with Gasteiger partial charge in [-0.05, 0) is 45.2 Å². The molecule has 1 heterocycles. The second kappa shape index (κ2) is 6.35. The third kappa shape index (κ3) is 5.24. The van der Waals surface area contributed by atoms with Crippen molar-refractivity contribution < 1.29 is 8.42 Å². The maximum atomic E-state index is 11.2. The number of nitrogens with one attached hydrogen (secondary N) is 1. The highest BCUT2D eigenvalue weighted by Crippen LogP contribution is 2.27. The minimum absolute atomic E-state index is 0.328. The summed E-state index contributed by atoms with van der Waals surface area (Å²) in [7, 11) is -2.80. The zero-order valence-corrected chi connectivity index (χ0v) is 12.2. The van der Waals surface area contributed by atoms with E-state index in [0.717, 1.165) is 32.1 Å². The van der Waals surface area contributed by atoms with Crippen molar-refractivity contribution in [3.05, 3.63) is 0 Å². The van der Waals surface area contributed by atoms with Crippen LogP contribution in [-0.4, -0.2) is 57.0 Å². The van der Waals surface area contributed by atoms with Crippen LogP contribution >= 0.6 is 0 Å². The molecular weight excluding hydrogens is 248 g/mol.